The lowest BCUT2D eigenvalue weighted by Crippen LogP contribution is -2.06. The standard InChI is InChI=1S/C11H8F2N2O2/c12-5-10-7(11(16)17)6-14-15(10)9-4-2-1-3-8(9)13/h1-4,6H,5H2,(H,16,17). The molecule has 1 aromatic carbocycles. The van der Waals surface area contributed by atoms with Crippen LogP contribution in [0.5, 0.6) is 0 Å². The predicted octanol–water partition coefficient (Wildman–Crippen LogP) is 2.18. The Morgan fingerprint density at radius 3 is 2.71 bits per heavy atom. The lowest BCUT2D eigenvalue weighted by atomic mass is 10.2. The second-order valence-corrected chi connectivity index (χ2v) is 3.31. The maximum Gasteiger partial charge on any atom is 0.339 e. The Bertz CT molecular complexity index is 566. The molecule has 0 fully saturated rings. The number of para-hydroxylation sites is 1. The van der Waals surface area contributed by atoms with Crippen LogP contribution in [0.4, 0.5) is 8.78 Å². The lowest BCUT2D eigenvalue weighted by Gasteiger charge is -2.06. The minimum Gasteiger partial charge on any atom is -0.478 e. The molecule has 0 aliphatic rings. The molecular weight excluding hydrogens is 230 g/mol. The Balaban J connectivity index is 2.61. The van der Waals surface area contributed by atoms with Crippen molar-refractivity contribution in [3.05, 3.63) is 47.5 Å². The van der Waals surface area contributed by atoms with Gasteiger partial charge < -0.3 is 5.11 Å². The van der Waals surface area contributed by atoms with Crippen LogP contribution in [-0.2, 0) is 6.67 Å². The molecule has 0 atom stereocenters. The van der Waals surface area contributed by atoms with Crippen LogP contribution in [0.15, 0.2) is 30.5 Å². The SMILES string of the molecule is O=C(O)c1cnn(-c2ccccc2F)c1CF. The van der Waals surface area contributed by atoms with E-state index in [4.69, 9.17) is 5.11 Å². The number of alkyl halides is 1. The van der Waals surface area contributed by atoms with Gasteiger partial charge in [0.15, 0.2) is 0 Å². The molecule has 0 aliphatic carbocycles. The summed E-state index contributed by atoms with van der Waals surface area (Å²) in [6.45, 7) is -1.03. The molecule has 88 valence electrons. The van der Waals surface area contributed by atoms with Gasteiger partial charge in [-0.15, -0.1) is 0 Å². The number of carboxylic acid groups (broad SMARTS) is 1. The second-order valence-electron chi connectivity index (χ2n) is 3.31. The predicted molar refractivity (Wildman–Crippen MR) is 55.3 cm³/mol. The van der Waals surface area contributed by atoms with E-state index < -0.39 is 18.5 Å². The van der Waals surface area contributed by atoms with Gasteiger partial charge in [-0.3, -0.25) is 0 Å². The highest BCUT2D eigenvalue weighted by atomic mass is 19.1. The minimum atomic E-state index is -1.29. The topological polar surface area (TPSA) is 55.1 Å². The summed E-state index contributed by atoms with van der Waals surface area (Å²) in [7, 11) is 0. The first kappa shape index (κ1) is 11.3. The molecule has 17 heavy (non-hydrogen) atoms. The zero-order valence-corrected chi connectivity index (χ0v) is 8.60. The molecule has 1 heterocycles. The highest BCUT2D eigenvalue weighted by molar-refractivity contribution is 5.88. The molecule has 0 saturated carbocycles. The molecule has 0 spiro atoms. The van der Waals surface area contributed by atoms with Gasteiger partial charge in [0.25, 0.3) is 0 Å². The van der Waals surface area contributed by atoms with Crippen molar-refractivity contribution < 1.29 is 18.7 Å². The van der Waals surface area contributed by atoms with E-state index in [0.717, 1.165) is 10.9 Å². The van der Waals surface area contributed by atoms with E-state index in [1.807, 2.05) is 0 Å². The quantitative estimate of drug-likeness (QED) is 0.891. The number of carboxylic acids is 1. The summed E-state index contributed by atoms with van der Waals surface area (Å²) in [5.41, 5.74) is -0.425. The van der Waals surface area contributed by atoms with Crippen molar-refractivity contribution in [3.63, 3.8) is 0 Å². The molecule has 1 N–H and O–H groups in total. The monoisotopic (exact) mass is 238 g/mol. The number of benzene rings is 1. The van der Waals surface area contributed by atoms with E-state index in [1.54, 1.807) is 6.07 Å². The fraction of sp³-hybridized carbons (Fsp3) is 0.0909. The van der Waals surface area contributed by atoms with Gasteiger partial charge in [-0.05, 0) is 12.1 Å². The number of aromatic nitrogens is 2. The Hall–Kier alpha value is -2.24. The van der Waals surface area contributed by atoms with Crippen LogP contribution < -0.4 is 0 Å². The fourth-order valence-corrected chi connectivity index (χ4v) is 1.51. The van der Waals surface area contributed by atoms with E-state index in [9.17, 15) is 13.6 Å². The number of hydrogen-bond donors (Lipinski definition) is 1. The van der Waals surface area contributed by atoms with E-state index in [0.29, 0.717) is 0 Å². The number of aromatic carboxylic acids is 1. The van der Waals surface area contributed by atoms with Gasteiger partial charge in [-0.2, -0.15) is 5.10 Å². The van der Waals surface area contributed by atoms with Gasteiger partial charge in [-0.1, -0.05) is 12.1 Å². The van der Waals surface area contributed by atoms with Crippen molar-refractivity contribution in [2.45, 2.75) is 6.67 Å². The Kier molecular flexibility index (Phi) is 2.86. The molecule has 0 aliphatic heterocycles. The third-order valence-electron chi connectivity index (χ3n) is 2.31. The molecule has 2 rings (SSSR count). The van der Waals surface area contributed by atoms with Crippen molar-refractivity contribution in [1.82, 2.24) is 9.78 Å². The summed E-state index contributed by atoms with van der Waals surface area (Å²) >= 11 is 0. The van der Waals surface area contributed by atoms with Gasteiger partial charge in [0.05, 0.1) is 11.9 Å². The highest BCUT2D eigenvalue weighted by Crippen LogP contribution is 2.18. The first-order valence-corrected chi connectivity index (χ1v) is 4.76. The van der Waals surface area contributed by atoms with E-state index in [-0.39, 0.29) is 16.9 Å². The molecule has 2 aromatic rings. The van der Waals surface area contributed by atoms with Crippen LogP contribution in [0.3, 0.4) is 0 Å². The number of rotatable bonds is 3. The highest BCUT2D eigenvalue weighted by Gasteiger charge is 2.18. The van der Waals surface area contributed by atoms with Gasteiger partial charge in [-0.25, -0.2) is 18.3 Å². The average molecular weight is 238 g/mol. The van der Waals surface area contributed by atoms with Crippen LogP contribution in [0, 0.1) is 5.82 Å². The first-order chi connectivity index (χ1) is 8.15. The maximum absolute atomic E-state index is 13.5. The Labute approximate surface area is 95.1 Å². The van der Waals surface area contributed by atoms with Crippen LogP contribution in [-0.4, -0.2) is 20.9 Å². The third kappa shape index (κ3) is 1.89. The molecule has 6 heteroatoms. The summed E-state index contributed by atoms with van der Waals surface area (Å²) in [6, 6.07) is 5.63. The first-order valence-electron chi connectivity index (χ1n) is 4.76. The van der Waals surface area contributed by atoms with E-state index in [2.05, 4.69) is 5.10 Å². The van der Waals surface area contributed by atoms with Crippen molar-refractivity contribution in [2.24, 2.45) is 0 Å². The van der Waals surface area contributed by atoms with Crippen molar-refractivity contribution in [3.8, 4) is 5.69 Å². The summed E-state index contributed by atoms with van der Waals surface area (Å²) in [4.78, 5) is 10.8. The summed E-state index contributed by atoms with van der Waals surface area (Å²) in [6.07, 6.45) is 1.00. The molecule has 0 amide bonds. The van der Waals surface area contributed by atoms with Crippen LogP contribution in [0.2, 0.25) is 0 Å². The van der Waals surface area contributed by atoms with Crippen LogP contribution >= 0.6 is 0 Å². The number of nitrogens with zero attached hydrogens (tertiary/aromatic N) is 2. The number of hydrogen-bond acceptors (Lipinski definition) is 2. The van der Waals surface area contributed by atoms with Crippen LogP contribution in [0.1, 0.15) is 16.1 Å². The van der Waals surface area contributed by atoms with Crippen molar-refractivity contribution in [1.29, 1.82) is 0 Å². The molecule has 0 radical (unpaired) electrons. The Morgan fingerprint density at radius 1 is 1.41 bits per heavy atom. The molecular formula is C11H8F2N2O2. The fourth-order valence-electron chi connectivity index (χ4n) is 1.51. The molecule has 0 bridgehead atoms. The smallest absolute Gasteiger partial charge is 0.339 e. The van der Waals surface area contributed by atoms with E-state index >= 15 is 0 Å². The van der Waals surface area contributed by atoms with E-state index in [1.165, 1.54) is 18.2 Å². The zero-order chi connectivity index (χ0) is 12.4. The zero-order valence-electron chi connectivity index (χ0n) is 8.60. The molecule has 1 aromatic heterocycles. The normalized spacial score (nSPS) is 10.5. The third-order valence-corrected chi connectivity index (χ3v) is 2.31. The summed E-state index contributed by atoms with van der Waals surface area (Å²) in [5.74, 6) is -1.89. The second kappa shape index (κ2) is 4.32. The minimum absolute atomic E-state index is 0.0210. The van der Waals surface area contributed by atoms with Gasteiger partial charge in [0.2, 0.25) is 0 Å². The molecule has 4 nitrogen and oxygen atoms in total. The van der Waals surface area contributed by atoms with Gasteiger partial charge in [0.1, 0.15) is 23.7 Å². The van der Waals surface area contributed by atoms with Crippen LogP contribution in [0.25, 0.3) is 5.69 Å². The largest absolute Gasteiger partial charge is 0.478 e. The summed E-state index contributed by atoms with van der Waals surface area (Å²) in [5, 5.41) is 12.5. The molecule has 0 saturated heterocycles. The molecule has 0 unspecified atom stereocenters. The maximum atomic E-state index is 13.5. The van der Waals surface area contributed by atoms with Gasteiger partial charge in [0, 0.05) is 0 Å². The Morgan fingerprint density at radius 2 is 2.12 bits per heavy atom. The lowest BCUT2D eigenvalue weighted by molar-refractivity contribution is 0.0694. The summed E-state index contributed by atoms with van der Waals surface area (Å²) < 4.78 is 27.2. The van der Waals surface area contributed by atoms with Gasteiger partial charge >= 0.3 is 5.97 Å². The number of halogens is 2. The number of carbonyl (C=O) groups is 1. The van der Waals surface area contributed by atoms with Crippen molar-refractivity contribution in [2.75, 3.05) is 0 Å². The van der Waals surface area contributed by atoms with Crippen molar-refractivity contribution >= 4 is 5.97 Å². The average Bonchev–Trinajstić information content (AvgIpc) is 2.73.